The molecule has 0 amide bonds. The number of phenolic OH excluding ortho intramolecular Hbond substituents is 1. The standard InChI is InChI=1S/C23H28O12/c1-10-7-16(29)19(11(2)24)17(8-10)34-23-22(33-15(6)28)21(32-14(5)27)20(31-13(4)26)18(35-23)9-30-12(3)25/h7-8,18,20-23,29H,9H2,1-6H3/t18-,20-,21+,22-,23?/m1/s1/i3D,4D,5D,6D. The van der Waals surface area contributed by atoms with Crippen LogP contribution in [0.15, 0.2) is 12.1 Å². The smallest absolute Gasteiger partial charge is 0.303 e. The van der Waals surface area contributed by atoms with Crippen LogP contribution in [0.3, 0.4) is 0 Å². The van der Waals surface area contributed by atoms with Crippen molar-refractivity contribution in [1.82, 2.24) is 0 Å². The number of hydrogen-bond donors (Lipinski definition) is 1. The zero-order chi connectivity index (χ0) is 29.3. The topological polar surface area (TPSA) is 161 Å². The lowest BCUT2D eigenvalue weighted by Crippen LogP contribution is -2.63. The summed E-state index contributed by atoms with van der Waals surface area (Å²) in [4.78, 5) is 60.3. The zero-order valence-corrected chi connectivity index (χ0v) is 19.0. The highest BCUT2D eigenvalue weighted by atomic mass is 16.7. The zero-order valence-electron chi connectivity index (χ0n) is 23.0. The molecule has 1 saturated heterocycles. The van der Waals surface area contributed by atoms with E-state index in [1.807, 2.05) is 0 Å². The number of phenols is 1. The number of hydrogen-bond acceptors (Lipinski definition) is 12. The van der Waals surface area contributed by atoms with E-state index in [4.69, 9.17) is 33.9 Å². The largest absolute Gasteiger partial charge is 0.507 e. The number of Topliss-reactive ketones (excluding diaryl/α,β-unsaturated/α-hetero) is 1. The predicted octanol–water partition coefficient (Wildman–Crippen LogP) is 1.37. The Morgan fingerprint density at radius 1 is 0.914 bits per heavy atom. The van der Waals surface area contributed by atoms with Gasteiger partial charge < -0.3 is 33.5 Å². The molecule has 1 aliphatic rings. The second-order valence-electron chi connectivity index (χ2n) is 7.42. The Balaban J connectivity index is 2.65. The average molecular weight is 500 g/mol. The van der Waals surface area contributed by atoms with Gasteiger partial charge in [-0.05, 0) is 31.5 Å². The molecule has 1 unspecified atom stereocenters. The van der Waals surface area contributed by atoms with Crippen molar-refractivity contribution in [3.63, 3.8) is 0 Å². The Hall–Kier alpha value is -3.67. The van der Waals surface area contributed by atoms with Gasteiger partial charge in [0.05, 0.1) is 0 Å². The molecule has 2 rings (SSSR count). The highest BCUT2D eigenvalue weighted by Crippen LogP contribution is 2.35. The monoisotopic (exact) mass is 500 g/mol. The molecule has 12 nitrogen and oxygen atoms in total. The van der Waals surface area contributed by atoms with Gasteiger partial charge in [0.15, 0.2) is 18.0 Å². The number of aromatic hydroxyl groups is 1. The van der Waals surface area contributed by atoms with Gasteiger partial charge in [-0.1, -0.05) is 0 Å². The molecule has 1 fully saturated rings. The first kappa shape index (κ1) is 21.8. The van der Waals surface area contributed by atoms with E-state index in [0.29, 0.717) is 5.56 Å². The molecule has 1 aliphatic heterocycles. The normalized spacial score (nSPS) is 25.0. The molecule has 1 aromatic rings. The van der Waals surface area contributed by atoms with E-state index >= 15 is 0 Å². The van der Waals surface area contributed by atoms with Crippen molar-refractivity contribution in [3.8, 4) is 11.5 Å². The van der Waals surface area contributed by atoms with Gasteiger partial charge in [-0.15, -0.1) is 0 Å². The predicted molar refractivity (Wildman–Crippen MR) is 115 cm³/mol. The first-order valence-corrected chi connectivity index (χ1v) is 10.0. The molecule has 0 aliphatic carbocycles. The van der Waals surface area contributed by atoms with Crippen molar-refractivity contribution in [2.75, 3.05) is 6.61 Å². The van der Waals surface area contributed by atoms with E-state index in [1.165, 1.54) is 12.1 Å². The van der Waals surface area contributed by atoms with Crippen molar-refractivity contribution < 1.29 is 63.0 Å². The van der Waals surface area contributed by atoms with Crippen LogP contribution in [0.2, 0.25) is 0 Å². The lowest BCUT2D eigenvalue weighted by Gasteiger charge is -2.44. The molecular formula is C23H28O12. The van der Waals surface area contributed by atoms with Gasteiger partial charge in [-0.25, -0.2) is 0 Å². The van der Waals surface area contributed by atoms with Gasteiger partial charge in [0.1, 0.15) is 29.8 Å². The third-order valence-corrected chi connectivity index (χ3v) is 4.62. The molecule has 12 heteroatoms. The lowest BCUT2D eigenvalue weighted by molar-refractivity contribution is -0.288. The minimum Gasteiger partial charge on any atom is -0.507 e. The summed E-state index contributed by atoms with van der Waals surface area (Å²) in [5.74, 6) is -5.70. The summed E-state index contributed by atoms with van der Waals surface area (Å²) in [6.07, 6.45) is -8.46. The van der Waals surface area contributed by atoms with Crippen LogP contribution in [0.1, 0.15) is 55.9 Å². The summed E-state index contributed by atoms with van der Waals surface area (Å²) in [5.41, 5.74) is 0.179. The summed E-state index contributed by atoms with van der Waals surface area (Å²) in [7, 11) is 0. The number of ketones is 1. The number of rotatable bonds is 8. The molecule has 1 heterocycles. The van der Waals surface area contributed by atoms with E-state index in [2.05, 4.69) is 0 Å². The van der Waals surface area contributed by atoms with E-state index in [1.54, 1.807) is 6.92 Å². The third-order valence-electron chi connectivity index (χ3n) is 4.62. The van der Waals surface area contributed by atoms with Crippen LogP contribution in [0, 0.1) is 6.92 Å². The summed E-state index contributed by atoms with van der Waals surface area (Å²) < 4.78 is 61.3. The Bertz CT molecular complexity index is 1080. The number of benzene rings is 1. The van der Waals surface area contributed by atoms with Crippen LogP contribution >= 0.6 is 0 Å². The maximum atomic E-state index is 12.2. The molecule has 0 radical (unpaired) electrons. The van der Waals surface area contributed by atoms with E-state index < -0.39 is 100 Å². The summed E-state index contributed by atoms with van der Waals surface area (Å²) in [6, 6.07) is 2.65. The van der Waals surface area contributed by atoms with Gasteiger partial charge in [0.25, 0.3) is 0 Å². The second-order valence-corrected chi connectivity index (χ2v) is 7.42. The summed E-state index contributed by atoms with van der Waals surface area (Å²) in [6.45, 7) is -1.40. The number of carbonyl (C=O) groups is 5. The van der Waals surface area contributed by atoms with Crippen LogP contribution < -0.4 is 4.74 Å². The Morgan fingerprint density at radius 3 is 2.06 bits per heavy atom. The van der Waals surface area contributed by atoms with Gasteiger partial charge in [-0.3, -0.25) is 24.0 Å². The fraction of sp³-hybridized carbons (Fsp3) is 0.522. The van der Waals surface area contributed by atoms with Crippen LogP contribution in [-0.4, -0.2) is 72.1 Å². The number of aryl methyl sites for hydroxylation is 1. The Kier molecular flexibility index (Phi) is 7.27. The summed E-state index contributed by atoms with van der Waals surface area (Å²) in [5, 5.41) is 10.3. The molecule has 0 spiro atoms. The highest BCUT2D eigenvalue weighted by Gasteiger charge is 2.53. The second kappa shape index (κ2) is 11.6. The first-order valence-electron chi connectivity index (χ1n) is 12.9. The minimum atomic E-state index is -1.77. The molecule has 5 atom stereocenters. The maximum Gasteiger partial charge on any atom is 0.303 e. The number of carbonyl (C=O) groups excluding carboxylic acids is 5. The molecule has 0 aromatic heterocycles. The van der Waals surface area contributed by atoms with Crippen LogP contribution in [0.4, 0.5) is 0 Å². The average Bonchev–Trinajstić information content (AvgIpc) is 2.89. The SMILES string of the molecule is [2H]CC(=O)OC[C@H]1OC(Oc2cc(C)cc(O)c2C(C)=O)[C@H](OC(=O)C[2H])[C@@H](OC(=O)C[2H])[C@@H]1OC(=O)C[2H]. The van der Waals surface area contributed by atoms with E-state index in [0.717, 1.165) is 6.92 Å². The highest BCUT2D eigenvalue weighted by molar-refractivity contribution is 5.99. The van der Waals surface area contributed by atoms with Crippen molar-refractivity contribution >= 4 is 29.7 Å². The summed E-state index contributed by atoms with van der Waals surface area (Å²) >= 11 is 0. The number of esters is 4. The molecule has 0 bridgehead atoms. The molecule has 0 saturated carbocycles. The fourth-order valence-electron chi connectivity index (χ4n) is 3.45. The molecular weight excluding hydrogens is 468 g/mol. The van der Waals surface area contributed by atoms with Crippen LogP contribution in [0.25, 0.3) is 0 Å². The van der Waals surface area contributed by atoms with Gasteiger partial charge in [0.2, 0.25) is 12.4 Å². The number of ether oxygens (including phenoxy) is 6. The molecule has 192 valence electrons. The Morgan fingerprint density at radius 2 is 1.49 bits per heavy atom. The molecule has 35 heavy (non-hydrogen) atoms. The van der Waals surface area contributed by atoms with Crippen LogP contribution in [-0.2, 0) is 42.9 Å². The third kappa shape index (κ3) is 7.41. The van der Waals surface area contributed by atoms with Gasteiger partial charge >= 0.3 is 23.9 Å². The maximum absolute atomic E-state index is 12.2. The van der Waals surface area contributed by atoms with Gasteiger partial charge in [-0.2, -0.15) is 0 Å². The van der Waals surface area contributed by atoms with E-state index in [-0.39, 0.29) is 11.3 Å². The van der Waals surface area contributed by atoms with Crippen LogP contribution in [0.5, 0.6) is 11.5 Å². The van der Waals surface area contributed by atoms with Crippen molar-refractivity contribution in [2.24, 2.45) is 0 Å². The van der Waals surface area contributed by atoms with Crippen molar-refractivity contribution in [3.05, 3.63) is 23.3 Å². The van der Waals surface area contributed by atoms with E-state index in [9.17, 15) is 29.1 Å². The molecule has 1 N–H and O–H groups in total. The van der Waals surface area contributed by atoms with Gasteiger partial charge in [0, 0.05) is 33.1 Å². The van der Waals surface area contributed by atoms with Crippen molar-refractivity contribution in [2.45, 2.75) is 72.2 Å². The quantitative estimate of drug-likeness (QED) is 0.310. The first-order chi connectivity index (χ1) is 18.4. The lowest BCUT2D eigenvalue weighted by atomic mass is 9.98. The van der Waals surface area contributed by atoms with Crippen molar-refractivity contribution in [1.29, 1.82) is 0 Å². The minimum absolute atomic E-state index is 0.231. The fourth-order valence-corrected chi connectivity index (χ4v) is 3.45. The Labute approximate surface area is 207 Å². The molecule has 1 aromatic carbocycles.